The van der Waals surface area contributed by atoms with E-state index in [2.05, 4.69) is 24.2 Å². The summed E-state index contributed by atoms with van der Waals surface area (Å²) < 4.78 is 0. The van der Waals surface area contributed by atoms with Gasteiger partial charge in [0.05, 0.1) is 0 Å². The topological polar surface area (TPSA) is 58.4 Å². The lowest BCUT2D eigenvalue weighted by Crippen LogP contribution is -2.42. The molecule has 3 N–H and O–H groups in total. The van der Waals surface area contributed by atoms with Crippen LogP contribution in [-0.2, 0) is 4.79 Å². The normalized spacial score (nSPS) is 24.1. The number of carbonyl (C=O) groups is 1. The molecule has 0 radical (unpaired) electrons. The maximum atomic E-state index is 11.2. The molecule has 1 amide bonds. The number of hydrazine groups is 1. The van der Waals surface area contributed by atoms with Crippen LogP contribution in [0.2, 0.25) is 0 Å². The minimum absolute atomic E-state index is 0.0558. The Morgan fingerprint density at radius 3 is 2.88 bits per heavy atom. The third-order valence-electron chi connectivity index (χ3n) is 3.91. The van der Waals surface area contributed by atoms with E-state index in [4.69, 9.17) is 5.84 Å². The van der Waals surface area contributed by atoms with Gasteiger partial charge in [0.1, 0.15) is 0 Å². The van der Waals surface area contributed by atoms with Gasteiger partial charge in [-0.3, -0.25) is 15.1 Å². The molecule has 1 rings (SSSR count). The molecule has 0 aromatic carbocycles. The summed E-state index contributed by atoms with van der Waals surface area (Å²) in [5.74, 6) is 5.05. The fourth-order valence-corrected chi connectivity index (χ4v) is 2.80. The lowest BCUT2D eigenvalue weighted by Gasteiger charge is -2.34. The van der Waals surface area contributed by atoms with E-state index in [9.17, 15) is 4.79 Å². The standard InChI is InChI=1S/C13H27N3O/c1-3-12-7-5-4-6-10-16(12)11(2)8-9-13(17)15-14/h11-12H,3-10,14H2,1-2H3,(H,15,17). The zero-order valence-electron chi connectivity index (χ0n) is 11.2. The maximum absolute atomic E-state index is 11.2. The first-order valence-corrected chi connectivity index (χ1v) is 6.94. The predicted molar refractivity (Wildman–Crippen MR) is 70.3 cm³/mol. The molecule has 17 heavy (non-hydrogen) atoms. The van der Waals surface area contributed by atoms with Gasteiger partial charge in [-0.1, -0.05) is 19.8 Å². The lowest BCUT2D eigenvalue weighted by atomic mass is 10.0. The number of nitrogens with two attached hydrogens (primary N) is 1. The second kappa shape index (κ2) is 7.67. The largest absolute Gasteiger partial charge is 0.298 e. The van der Waals surface area contributed by atoms with Crippen LogP contribution in [0.15, 0.2) is 0 Å². The van der Waals surface area contributed by atoms with E-state index in [1.807, 2.05) is 0 Å². The van der Waals surface area contributed by atoms with Crippen molar-refractivity contribution >= 4 is 5.91 Å². The van der Waals surface area contributed by atoms with Gasteiger partial charge in [0.25, 0.3) is 0 Å². The molecule has 1 fully saturated rings. The smallest absolute Gasteiger partial charge is 0.233 e. The molecular weight excluding hydrogens is 214 g/mol. The quantitative estimate of drug-likeness (QED) is 0.438. The average molecular weight is 241 g/mol. The van der Waals surface area contributed by atoms with Crippen LogP contribution in [0.1, 0.15) is 58.8 Å². The van der Waals surface area contributed by atoms with Crippen molar-refractivity contribution in [3.05, 3.63) is 0 Å². The van der Waals surface area contributed by atoms with Gasteiger partial charge in [0, 0.05) is 18.5 Å². The van der Waals surface area contributed by atoms with Crippen molar-refractivity contribution in [2.75, 3.05) is 6.54 Å². The molecule has 1 heterocycles. The second-order valence-electron chi connectivity index (χ2n) is 5.10. The Bertz CT molecular complexity index is 233. The van der Waals surface area contributed by atoms with Crippen LogP contribution in [0, 0.1) is 0 Å². The van der Waals surface area contributed by atoms with Crippen molar-refractivity contribution in [3.63, 3.8) is 0 Å². The van der Waals surface area contributed by atoms with E-state index in [1.165, 1.54) is 38.6 Å². The van der Waals surface area contributed by atoms with Gasteiger partial charge in [-0.25, -0.2) is 5.84 Å². The van der Waals surface area contributed by atoms with Gasteiger partial charge in [-0.15, -0.1) is 0 Å². The molecule has 1 aliphatic rings. The number of likely N-dealkylation sites (tertiary alicyclic amines) is 1. The van der Waals surface area contributed by atoms with Crippen LogP contribution in [0.4, 0.5) is 0 Å². The van der Waals surface area contributed by atoms with E-state index in [0.29, 0.717) is 18.5 Å². The van der Waals surface area contributed by atoms with Gasteiger partial charge < -0.3 is 0 Å². The van der Waals surface area contributed by atoms with Crippen LogP contribution in [0.3, 0.4) is 0 Å². The Labute approximate surface area is 105 Å². The lowest BCUT2D eigenvalue weighted by molar-refractivity contribution is -0.121. The summed E-state index contributed by atoms with van der Waals surface area (Å²) in [5, 5.41) is 0. The number of nitrogens with one attached hydrogen (secondary N) is 1. The SMILES string of the molecule is CCC1CCCCCN1C(C)CCC(=O)NN. The highest BCUT2D eigenvalue weighted by Crippen LogP contribution is 2.22. The van der Waals surface area contributed by atoms with E-state index < -0.39 is 0 Å². The van der Waals surface area contributed by atoms with Gasteiger partial charge in [-0.05, 0) is 39.2 Å². The number of rotatable bonds is 5. The second-order valence-corrected chi connectivity index (χ2v) is 5.10. The van der Waals surface area contributed by atoms with E-state index in [-0.39, 0.29) is 5.91 Å². The molecule has 100 valence electrons. The van der Waals surface area contributed by atoms with Crippen molar-refractivity contribution < 1.29 is 4.79 Å². The molecule has 1 saturated heterocycles. The molecule has 0 aliphatic carbocycles. The molecule has 4 nitrogen and oxygen atoms in total. The molecule has 1 aliphatic heterocycles. The summed E-state index contributed by atoms with van der Waals surface area (Å²) >= 11 is 0. The van der Waals surface area contributed by atoms with Gasteiger partial charge in [0.15, 0.2) is 0 Å². The van der Waals surface area contributed by atoms with Gasteiger partial charge in [-0.2, -0.15) is 0 Å². The third-order valence-corrected chi connectivity index (χ3v) is 3.91. The molecule has 2 unspecified atom stereocenters. The van der Waals surface area contributed by atoms with Crippen LogP contribution < -0.4 is 11.3 Å². The Kier molecular flexibility index (Phi) is 6.52. The first-order chi connectivity index (χ1) is 8.19. The minimum Gasteiger partial charge on any atom is -0.298 e. The summed E-state index contributed by atoms with van der Waals surface area (Å²) in [6.07, 6.45) is 7.96. The first kappa shape index (κ1) is 14.5. The van der Waals surface area contributed by atoms with Crippen LogP contribution >= 0.6 is 0 Å². The first-order valence-electron chi connectivity index (χ1n) is 6.94. The zero-order valence-corrected chi connectivity index (χ0v) is 11.2. The molecular formula is C13H27N3O. The molecule has 0 bridgehead atoms. The maximum Gasteiger partial charge on any atom is 0.233 e. The summed E-state index contributed by atoms with van der Waals surface area (Å²) in [7, 11) is 0. The summed E-state index contributed by atoms with van der Waals surface area (Å²) in [6.45, 7) is 5.68. The average Bonchev–Trinajstić information content (AvgIpc) is 2.60. The van der Waals surface area contributed by atoms with Crippen molar-refractivity contribution in [1.82, 2.24) is 10.3 Å². The Morgan fingerprint density at radius 2 is 2.24 bits per heavy atom. The van der Waals surface area contributed by atoms with Crippen LogP contribution in [0.25, 0.3) is 0 Å². The number of hydrogen-bond acceptors (Lipinski definition) is 3. The Balaban J connectivity index is 2.45. The van der Waals surface area contributed by atoms with Gasteiger partial charge >= 0.3 is 0 Å². The molecule has 0 aromatic heterocycles. The van der Waals surface area contributed by atoms with Crippen LogP contribution in [-0.4, -0.2) is 29.4 Å². The fraction of sp³-hybridized carbons (Fsp3) is 0.923. The van der Waals surface area contributed by atoms with E-state index >= 15 is 0 Å². The van der Waals surface area contributed by atoms with Crippen LogP contribution in [0.5, 0.6) is 0 Å². The summed E-state index contributed by atoms with van der Waals surface area (Å²) in [4.78, 5) is 13.8. The Morgan fingerprint density at radius 1 is 1.47 bits per heavy atom. The fourth-order valence-electron chi connectivity index (χ4n) is 2.80. The number of hydrogen-bond donors (Lipinski definition) is 2. The van der Waals surface area contributed by atoms with E-state index in [1.54, 1.807) is 0 Å². The zero-order chi connectivity index (χ0) is 12.7. The highest BCUT2D eigenvalue weighted by molar-refractivity contribution is 5.75. The van der Waals surface area contributed by atoms with Crippen molar-refractivity contribution in [3.8, 4) is 0 Å². The number of amides is 1. The molecule has 0 aromatic rings. The summed E-state index contributed by atoms with van der Waals surface area (Å²) in [6, 6.07) is 1.18. The third kappa shape index (κ3) is 4.64. The highest BCUT2D eigenvalue weighted by atomic mass is 16.2. The van der Waals surface area contributed by atoms with Crippen molar-refractivity contribution in [2.24, 2.45) is 5.84 Å². The molecule has 0 saturated carbocycles. The highest BCUT2D eigenvalue weighted by Gasteiger charge is 2.23. The van der Waals surface area contributed by atoms with Crippen molar-refractivity contribution in [1.29, 1.82) is 0 Å². The molecule has 2 atom stereocenters. The summed E-state index contributed by atoms with van der Waals surface area (Å²) in [5.41, 5.74) is 2.20. The van der Waals surface area contributed by atoms with Crippen molar-refractivity contribution in [2.45, 2.75) is 70.9 Å². The predicted octanol–water partition coefficient (Wildman–Crippen LogP) is 1.80. The number of carbonyl (C=O) groups excluding carboxylic acids is 1. The molecule has 0 spiro atoms. The Hall–Kier alpha value is -0.610. The molecule has 4 heteroatoms. The minimum atomic E-state index is -0.0558. The van der Waals surface area contributed by atoms with Gasteiger partial charge in [0.2, 0.25) is 5.91 Å². The van der Waals surface area contributed by atoms with E-state index in [0.717, 1.165) is 6.42 Å². The number of nitrogens with zero attached hydrogens (tertiary/aromatic N) is 1. The monoisotopic (exact) mass is 241 g/mol.